The maximum absolute atomic E-state index is 11.9. The molecule has 0 N–H and O–H groups in total. The van der Waals surface area contributed by atoms with Crippen LogP contribution in [-0.4, -0.2) is 18.8 Å². The molecule has 0 aliphatic rings. The fourth-order valence-corrected chi connectivity index (χ4v) is 3.30. The molecule has 0 aliphatic heterocycles. The van der Waals surface area contributed by atoms with Gasteiger partial charge in [0.05, 0.1) is 17.2 Å². The number of carbonyl (C=O) groups excluding carboxylic acids is 1. The molecule has 1 atom stereocenters. The van der Waals surface area contributed by atoms with E-state index in [1.54, 1.807) is 23.9 Å². The second kappa shape index (κ2) is 9.54. The van der Waals surface area contributed by atoms with Gasteiger partial charge in [-0.05, 0) is 29.9 Å². The zero-order chi connectivity index (χ0) is 15.0. The summed E-state index contributed by atoms with van der Waals surface area (Å²) in [5.74, 6) is 0.684. The molecule has 0 fully saturated rings. The van der Waals surface area contributed by atoms with E-state index in [0.29, 0.717) is 10.0 Å². The second-order valence-electron chi connectivity index (χ2n) is 4.51. The van der Waals surface area contributed by atoms with Crippen LogP contribution in [0.1, 0.15) is 43.4 Å². The lowest BCUT2D eigenvalue weighted by molar-refractivity contribution is -0.140. The Morgan fingerprint density at radius 2 is 2.00 bits per heavy atom. The first-order valence-corrected chi connectivity index (χ1v) is 8.55. The van der Waals surface area contributed by atoms with Crippen molar-refractivity contribution in [1.29, 1.82) is 0 Å². The van der Waals surface area contributed by atoms with Crippen LogP contribution in [0.5, 0.6) is 0 Å². The number of unbranched alkanes of at least 4 members (excludes halogenated alkanes) is 3. The lowest BCUT2D eigenvalue weighted by Gasteiger charge is -2.15. The smallest absolute Gasteiger partial charge is 0.323 e. The van der Waals surface area contributed by atoms with Gasteiger partial charge in [-0.2, -0.15) is 0 Å². The third kappa shape index (κ3) is 5.55. The van der Waals surface area contributed by atoms with Gasteiger partial charge >= 0.3 is 5.97 Å². The number of ether oxygens (including phenoxy) is 1. The van der Waals surface area contributed by atoms with E-state index in [9.17, 15) is 4.79 Å². The molecule has 0 amide bonds. The summed E-state index contributed by atoms with van der Waals surface area (Å²) in [6.45, 7) is 2.18. The van der Waals surface area contributed by atoms with Crippen LogP contribution in [0.2, 0.25) is 10.0 Å². The van der Waals surface area contributed by atoms with E-state index in [1.807, 2.05) is 6.07 Å². The van der Waals surface area contributed by atoms with Gasteiger partial charge in [0.25, 0.3) is 0 Å². The number of benzene rings is 1. The molecule has 1 rings (SSSR count). The summed E-state index contributed by atoms with van der Waals surface area (Å²) in [5, 5.41) is 0.619. The quantitative estimate of drug-likeness (QED) is 0.462. The fourth-order valence-electron chi connectivity index (χ4n) is 1.81. The summed E-state index contributed by atoms with van der Waals surface area (Å²) in [5.41, 5.74) is 0.840. The standard InChI is InChI=1S/C15H20Cl2O2S/c1-3-4-5-6-9-20-14(15(18)19-2)11-7-8-12(16)13(17)10-11/h7-8,10,14H,3-6,9H2,1-2H3. The molecule has 1 aromatic rings. The minimum absolute atomic E-state index is 0.246. The molecule has 5 heteroatoms. The highest BCUT2D eigenvalue weighted by molar-refractivity contribution is 8.00. The molecule has 0 bridgehead atoms. The van der Waals surface area contributed by atoms with Crippen LogP contribution >= 0.6 is 35.0 Å². The normalized spacial score (nSPS) is 12.2. The summed E-state index contributed by atoms with van der Waals surface area (Å²) in [6.07, 6.45) is 4.74. The molecule has 0 saturated heterocycles. The molecule has 0 heterocycles. The van der Waals surface area contributed by atoms with Crippen molar-refractivity contribution in [2.45, 2.75) is 37.9 Å². The van der Waals surface area contributed by atoms with E-state index in [4.69, 9.17) is 27.9 Å². The van der Waals surface area contributed by atoms with Crippen molar-refractivity contribution in [3.05, 3.63) is 33.8 Å². The number of esters is 1. The topological polar surface area (TPSA) is 26.3 Å². The van der Waals surface area contributed by atoms with Crippen LogP contribution in [0.25, 0.3) is 0 Å². The van der Waals surface area contributed by atoms with Crippen LogP contribution in [0.4, 0.5) is 0 Å². The molecule has 20 heavy (non-hydrogen) atoms. The Morgan fingerprint density at radius 1 is 1.25 bits per heavy atom. The van der Waals surface area contributed by atoms with Gasteiger partial charge in [-0.3, -0.25) is 4.79 Å². The van der Waals surface area contributed by atoms with Crippen LogP contribution in [0.15, 0.2) is 18.2 Å². The Hall–Kier alpha value is -0.380. The highest BCUT2D eigenvalue weighted by Crippen LogP contribution is 2.34. The molecular formula is C15H20Cl2O2S. The van der Waals surface area contributed by atoms with Crippen molar-refractivity contribution >= 4 is 40.9 Å². The number of methoxy groups -OCH3 is 1. The third-order valence-corrected chi connectivity index (χ3v) is 5.01. The molecule has 0 spiro atoms. The van der Waals surface area contributed by atoms with Crippen molar-refractivity contribution < 1.29 is 9.53 Å². The Kier molecular flexibility index (Phi) is 8.43. The summed E-state index contributed by atoms with van der Waals surface area (Å²) >= 11 is 13.5. The van der Waals surface area contributed by atoms with Crippen molar-refractivity contribution in [2.24, 2.45) is 0 Å². The van der Waals surface area contributed by atoms with E-state index < -0.39 is 0 Å². The summed E-state index contributed by atoms with van der Waals surface area (Å²) in [6, 6.07) is 5.28. The summed E-state index contributed by atoms with van der Waals surface area (Å²) < 4.78 is 4.88. The van der Waals surface area contributed by atoms with Gasteiger partial charge in [0.15, 0.2) is 0 Å². The highest BCUT2D eigenvalue weighted by Gasteiger charge is 2.22. The van der Waals surface area contributed by atoms with E-state index in [1.165, 1.54) is 26.4 Å². The van der Waals surface area contributed by atoms with Crippen molar-refractivity contribution in [1.82, 2.24) is 0 Å². The molecule has 2 nitrogen and oxygen atoms in total. The summed E-state index contributed by atoms with van der Waals surface area (Å²) in [7, 11) is 1.41. The Morgan fingerprint density at radius 3 is 2.60 bits per heavy atom. The van der Waals surface area contributed by atoms with Crippen molar-refractivity contribution in [3.63, 3.8) is 0 Å². The van der Waals surface area contributed by atoms with Crippen LogP contribution < -0.4 is 0 Å². The van der Waals surface area contributed by atoms with Crippen molar-refractivity contribution in [2.75, 3.05) is 12.9 Å². The molecule has 0 saturated carbocycles. The first kappa shape index (κ1) is 17.7. The maximum atomic E-state index is 11.9. The van der Waals surface area contributed by atoms with E-state index in [-0.39, 0.29) is 11.2 Å². The van der Waals surface area contributed by atoms with Gasteiger partial charge in [-0.15, -0.1) is 11.8 Å². The molecule has 0 aliphatic carbocycles. The average molecular weight is 335 g/mol. The molecule has 1 unspecified atom stereocenters. The SMILES string of the molecule is CCCCCCSC(C(=O)OC)c1ccc(Cl)c(Cl)c1. The van der Waals surface area contributed by atoms with E-state index in [0.717, 1.165) is 17.7 Å². The first-order chi connectivity index (χ1) is 9.60. The van der Waals surface area contributed by atoms with Gasteiger partial charge in [0.2, 0.25) is 0 Å². The number of hydrogen-bond acceptors (Lipinski definition) is 3. The predicted molar refractivity (Wildman–Crippen MR) is 87.8 cm³/mol. The van der Waals surface area contributed by atoms with Gasteiger partial charge < -0.3 is 4.74 Å². The Bertz CT molecular complexity index is 438. The number of hydrogen-bond donors (Lipinski definition) is 0. The van der Waals surface area contributed by atoms with E-state index >= 15 is 0 Å². The average Bonchev–Trinajstić information content (AvgIpc) is 2.45. The Balaban J connectivity index is 2.68. The molecular weight excluding hydrogens is 315 g/mol. The van der Waals surface area contributed by atoms with Crippen LogP contribution in [-0.2, 0) is 9.53 Å². The predicted octanol–water partition coefficient (Wildman–Crippen LogP) is 5.52. The minimum atomic E-state index is -0.337. The van der Waals surface area contributed by atoms with Gasteiger partial charge in [-0.1, -0.05) is 55.5 Å². The molecule has 0 aromatic heterocycles. The lowest BCUT2D eigenvalue weighted by atomic mass is 10.1. The highest BCUT2D eigenvalue weighted by atomic mass is 35.5. The third-order valence-electron chi connectivity index (χ3n) is 2.94. The van der Waals surface area contributed by atoms with Gasteiger partial charge in [0.1, 0.15) is 5.25 Å². The lowest BCUT2D eigenvalue weighted by Crippen LogP contribution is -2.12. The number of carbonyl (C=O) groups is 1. The Labute approximate surface area is 135 Å². The largest absolute Gasteiger partial charge is 0.468 e. The van der Waals surface area contributed by atoms with Crippen LogP contribution in [0.3, 0.4) is 0 Å². The van der Waals surface area contributed by atoms with Crippen molar-refractivity contribution in [3.8, 4) is 0 Å². The molecule has 112 valence electrons. The second-order valence-corrected chi connectivity index (χ2v) is 6.54. The molecule has 0 radical (unpaired) electrons. The number of rotatable bonds is 8. The summed E-state index contributed by atoms with van der Waals surface area (Å²) in [4.78, 5) is 11.9. The zero-order valence-corrected chi connectivity index (χ0v) is 14.2. The maximum Gasteiger partial charge on any atom is 0.323 e. The fraction of sp³-hybridized carbons (Fsp3) is 0.533. The zero-order valence-electron chi connectivity index (χ0n) is 11.8. The minimum Gasteiger partial charge on any atom is -0.468 e. The van der Waals surface area contributed by atoms with Crippen LogP contribution in [0, 0.1) is 0 Å². The number of halogens is 2. The van der Waals surface area contributed by atoms with Gasteiger partial charge in [-0.25, -0.2) is 0 Å². The number of thioether (sulfide) groups is 1. The monoisotopic (exact) mass is 334 g/mol. The first-order valence-electron chi connectivity index (χ1n) is 6.74. The molecule has 1 aromatic carbocycles. The van der Waals surface area contributed by atoms with E-state index in [2.05, 4.69) is 6.92 Å². The van der Waals surface area contributed by atoms with Gasteiger partial charge in [0, 0.05) is 0 Å².